The Hall–Kier alpha value is -1.75. The van der Waals surface area contributed by atoms with E-state index in [2.05, 4.69) is 0 Å². The maximum Gasteiger partial charge on any atom is 0.317 e. The molecule has 0 saturated heterocycles. The number of hydrogen-bond acceptors (Lipinski definition) is 4. The molecule has 1 aromatic carbocycles. The molecule has 1 unspecified atom stereocenters. The first-order valence-corrected chi connectivity index (χ1v) is 6.21. The highest BCUT2D eigenvalue weighted by atomic mass is 16.5. The average molecular weight is 267 g/mol. The number of benzene rings is 1. The van der Waals surface area contributed by atoms with Gasteiger partial charge in [-0.2, -0.15) is 0 Å². The second-order valence-electron chi connectivity index (χ2n) is 4.25. The molecule has 0 bridgehead atoms. The molecule has 1 aromatic rings. The van der Waals surface area contributed by atoms with E-state index < -0.39 is 5.97 Å². The molecule has 0 heterocycles. The zero-order chi connectivity index (χ0) is 14.4. The molecule has 0 fully saturated rings. The van der Waals surface area contributed by atoms with Crippen LogP contribution in [0.25, 0.3) is 0 Å². The fourth-order valence-corrected chi connectivity index (χ4v) is 2.02. The molecule has 0 spiro atoms. The number of hydrogen-bond donors (Lipinski definition) is 1. The van der Waals surface area contributed by atoms with Crippen LogP contribution in [-0.2, 0) is 4.79 Å². The van der Waals surface area contributed by atoms with Crippen LogP contribution in [0.2, 0.25) is 0 Å². The zero-order valence-electron chi connectivity index (χ0n) is 11.8. The predicted octanol–water partition coefficient (Wildman–Crippen LogP) is 2.17. The first kappa shape index (κ1) is 15.3. The second kappa shape index (κ2) is 6.99. The van der Waals surface area contributed by atoms with Gasteiger partial charge in [0, 0.05) is 6.04 Å². The van der Waals surface area contributed by atoms with Crippen molar-refractivity contribution in [2.24, 2.45) is 0 Å². The van der Waals surface area contributed by atoms with Gasteiger partial charge in [-0.1, -0.05) is 13.0 Å². The van der Waals surface area contributed by atoms with E-state index in [1.54, 1.807) is 14.2 Å². The van der Waals surface area contributed by atoms with Crippen LogP contribution in [0.1, 0.15) is 25.5 Å². The Morgan fingerprint density at radius 2 is 1.95 bits per heavy atom. The van der Waals surface area contributed by atoms with Crippen molar-refractivity contribution >= 4 is 5.97 Å². The minimum Gasteiger partial charge on any atom is -0.493 e. The summed E-state index contributed by atoms with van der Waals surface area (Å²) in [6.45, 7) is 4.61. The topological polar surface area (TPSA) is 59.0 Å². The molecular weight excluding hydrogens is 246 g/mol. The Balaban J connectivity index is 2.97. The Bertz CT molecular complexity index is 433. The summed E-state index contributed by atoms with van der Waals surface area (Å²) in [5.74, 6) is 0.493. The molecule has 0 aliphatic rings. The predicted molar refractivity (Wildman–Crippen MR) is 72.8 cm³/mol. The van der Waals surface area contributed by atoms with Crippen molar-refractivity contribution in [3.05, 3.63) is 23.8 Å². The zero-order valence-corrected chi connectivity index (χ0v) is 11.8. The fraction of sp³-hybridized carbons (Fsp3) is 0.500. The second-order valence-corrected chi connectivity index (χ2v) is 4.25. The molecule has 0 amide bonds. The van der Waals surface area contributed by atoms with E-state index in [1.165, 1.54) is 0 Å². The summed E-state index contributed by atoms with van der Waals surface area (Å²) >= 11 is 0. The lowest BCUT2D eigenvalue weighted by molar-refractivity contribution is -0.138. The SMILES string of the molecule is CCN(CC(=O)O)C(C)c1ccc(OC)c(OC)c1. The van der Waals surface area contributed by atoms with Gasteiger partial charge in [0.25, 0.3) is 0 Å². The monoisotopic (exact) mass is 267 g/mol. The highest BCUT2D eigenvalue weighted by Crippen LogP contribution is 2.31. The molecule has 1 rings (SSSR count). The van der Waals surface area contributed by atoms with Gasteiger partial charge in [-0.25, -0.2) is 0 Å². The third kappa shape index (κ3) is 3.86. The van der Waals surface area contributed by atoms with Crippen molar-refractivity contribution in [3.8, 4) is 11.5 Å². The first-order chi connectivity index (χ1) is 9.03. The average Bonchev–Trinajstić information content (AvgIpc) is 2.42. The molecular formula is C14H21NO4. The van der Waals surface area contributed by atoms with Crippen LogP contribution < -0.4 is 9.47 Å². The fourth-order valence-electron chi connectivity index (χ4n) is 2.02. The molecule has 5 heteroatoms. The van der Waals surface area contributed by atoms with E-state index in [-0.39, 0.29) is 12.6 Å². The van der Waals surface area contributed by atoms with Gasteiger partial charge in [0.15, 0.2) is 11.5 Å². The van der Waals surface area contributed by atoms with Gasteiger partial charge in [0.1, 0.15) is 0 Å². The summed E-state index contributed by atoms with van der Waals surface area (Å²) < 4.78 is 10.5. The van der Waals surface area contributed by atoms with Crippen LogP contribution in [0, 0.1) is 0 Å². The van der Waals surface area contributed by atoms with Crippen molar-refractivity contribution in [3.63, 3.8) is 0 Å². The lowest BCUT2D eigenvalue weighted by Gasteiger charge is -2.26. The third-order valence-electron chi connectivity index (χ3n) is 3.18. The van der Waals surface area contributed by atoms with Gasteiger partial charge in [0.2, 0.25) is 0 Å². The van der Waals surface area contributed by atoms with Gasteiger partial charge in [-0.15, -0.1) is 0 Å². The van der Waals surface area contributed by atoms with Crippen molar-refractivity contribution < 1.29 is 19.4 Å². The van der Waals surface area contributed by atoms with Crippen molar-refractivity contribution in [1.82, 2.24) is 4.90 Å². The molecule has 1 N–H and O–H groups in total. The molecule has 19 heavy (non-hydrogen) atoms. The molecule has 0 saturated carbocycles. The number of likely N-dealkylation sites (N-methyl/N-ethyl adjacent to an activating group) is 1. The summed E-state index contributed by atoms with van der Waals surface area (Å²) in [6, 6.07) is 5.64. The largest absolute Gasteiger partial charge is 0.493 e. The normalized spacial score (nSPS) is 12.3. The van der Waals surface area contributed by atoms with Gasteiger partial charge < -0.3 is 14.6 Å². The van der Waals surface area contributed by atoms with Crippen LogP contribution in [0.4, 0.5) is 0 Å². The number of carboxylic acids is 1. The van der Waals surface area contributed by atoms with Crippen molar-refractivity contribution in [2.75, 3.05) is 27.3 Å². The summed E-state index contributed by atoms with van der Waals surface area (Å²) in [7, 11) is 3.17. The summed E-state index contributed by atoms with van der Waals surface area (Å²) in [4.78, 5) is 12.7. The number of ether oxygens (including phenoxy) is 2. The van der Waals surface area contributed by atoms with E-state index in [4.69, 9.17) is 14.6 Å². The Morgan fingerprint density at radius 1 is 1.32 bits per heavy atom. The molecule has 0 radical (unpaired) electrons. The summed E-state index contributed by atoms with van der Waals surface area (Å²) in [5.41, 5.74) is 1.00. The highest BCUT2D eigenvalue weighted by molar-refractivity contribution is 5.69. The quantitative estimate of drug-likeness (QED) is 0.820. The third-order valence-corrected chi connectivity index (χ3v) is 3.18. The van der Waals surface area contributed by atoms with Gasteiger partial charge in [-0.3, -0.25) is 9.69 Å². The highest BCUT2D eigenvalue weighted by Gasteiger charge is 2.18. The van der Waals surface area contributed by atoms with E-state index in [0.717, 1.165) is 5.56 Å². The van der Waals surface area contributed by atoms with E-state index in [9.17, 15) is 4.79 Å². The standard InChI is InChI=1S/C14H21NO4/c1-5-15(9-14(16)17)10(2)11-6-7-12(18-3)13(8-11)19-4/h6-8,10H,5,9H2,1-4H3,(H,16,17). The number of carboxylic acid groups (broad SMARTS) is 1. The Morgan fingerprint density at radius 3 is 2.42 bits per heavy atom. The van der Waals surface area contributed by atoms with Gasteiger partial charge in [0.05, 0.1) is 20.8 Å². The van der Waals surface area contributed by atoms with E-state index in [0.29, 0.717) is 18.0 Å². The molecule has 0 aliphatic heterocycles. The minimum atomic E-state index is -0.825. The van der Waals surface area contributed by atoms with Crippen molar-refractivity contribution in [2.45, 2.75) is 19.9 Å². The van der Waals surface area contributed by atoms with Crippen LogP contribution in [0.3, 0.4) is 0 Å². The van der Waals surface area contributed by atoms with Crippen LogP contribution >= 0.6 is 0 Å². The molecule has 0 aromatic heterocycles. The summed E-state index contributed by atoms with van der Waals surface area (Å²) in [5, 5.41) is 8.91. The van der Waals surface area contributed by atoms with Crippen LogP contribution in [0.15, 0.2) is 18.2 Å². The Labute approximate surface area is 113 Å². The number of carbonyl (C=O) groups is 1. The molecule has 1 atom stereocenters. The maximum absolute atomic E-state index is 10.8. The number of rotatable bonds is 7. The lowest BCUT2D eigenvalue weighted by Crippen LogP contribution is -2.32. The van der Waals surface area contributed by atoms with Crippen molar-refractivity contribution in [1.29, 1.82) is 0 Å². The molecule has 0 aliphatic carbocycles. The van der Waals surface area contributed by atoms with Crippen LogP contribution in [0.5, 0.6) is 11.5 Å². The number of nitrogens with zero attached hydrogens (tertiary/aromatic N) is 1. The Kier molecular flexibility index (Phi) is 5.63. The maximum atomic E-state index is 10.8. The van der Waals surface area contributed by atoms with Gasteiger partial charge in [-0.05, 0) is 31.2 Å². The van der Waals surface area contributed by atoms with Crippen LogP contribution in [-0.4, -0.2) is 43.3 Å². The smallest absolute Gasteiger partial charge is 0.317 e. The molecule has 106 valence electrons. The first-order valence-electron chi connectivity index (χ1n) is 6.21. The number of methoxy groups -OCH3 is 2. The van der Waals surface area contributed by atoms with E-state index >= 15 is 0 Å². The lowest BCUT2D eigenvalue weighted by atomic mass is 10.1. The minimum absolute atomic E-state index is 0.000839. The molecule has 5 nitrogen and oxygen atoms in total. The number of aliphatic carboxylic acids is 1. The van der Waals surface area contributed by atoms with Gasteiger partial charge >= 0.3 is 5.97 Å². The summed E-state index contributed by atoms with van der Waals surface area (Å²) in [6.07, 6.45) is 0. The van der Waals surface area contributed by atoms with E-state index in [1.807, 2.05) is 36.9 Å².